The predicted octanol–water partition coefficient (Wildman–Crippen LogP) is 5.24. The topological polar surface area (TPSA) is 96.5 Å². The van der Waals surface area contributed by atoms with Crippen LogP contribution in [0, 0.1) is 24.1 Å². The average molecular weight is 519 g/mol. The maximum absolute atomic E-state index is 13.3. The molecule has 2 aromatic carbocycles. The van der Waals surface area contributed by atoms with Crippen molar-refractivity contribution >= 4 is 39.2 Å². The third-order valence-electron chi connectivity index (χ3n) is 4.83. The number of rotatable bonds is 5. The van der Waals surface area contributed by atoms with E-state index in [-0.39, 0.29) is 17.0 Å². The van der Waals surface area contributed by atoms with Crippen LogP contribution < -0.4 is 15.6 Å². The molecular weight excluding hydrogens is 503 g/mol. The Bertz CT molecular complexity index is 1520. The summed E-state index contributed by atoms with van der Waals surface area (Å²) >= 11 is 3.35. The first-order chi connectivity index (χ1) is 16.4. The first kappa shape index (κ1) is 22.9. The standard InChI is InChI=1S/C25H16BrFN4O3/c1-15-3-2-12-31-22(15)30-24(34-20-10-4-17(26)5-11-20)21(25(31)33)13-16(14-28)23(32)29-19-8-6-18(27)7-9-19/h2-13H,1H3,(H,29,32)/b16-13-. The van der Waals surface area contributed by atoms with E-state index in [1.165, 1.54) is 28.7 Å². The molecule has 0 aliphatic rings. The molecule has 1 amide bonds. The molecule has 0 bridgehead atoms. The van der Waals surface area contributed by atoms with Gasteiger partial charge >= 0.3 is 0 Å². The first-order valence-electron chi connectivity index (χ1n) is 10.00. The van der Waals surface area contributed by atoms with E-state index in [0.717, 1.165) is 16.1 Å². The zero-order valence-corrected chi connectivity index (χ0v) is 19.3. The highest BCUT2D eigenvalue weighted by Crippen LogP contribution is 2.26. The average Bonchev–Trinajstić information content (AvgIpc) is 2.82. The summed E-state index contributed by atoms with van der Waals surface area (Å²) in [5.74, 6) is -0.868. The lowest BCUT2D eigenvalue weighted by atomic mass is 10.1. The molecule has 0 unspecified atom stereocenters. The zero-order valence-electron chi connectivity index (χ0n) is 17.8. The summed E-state index contributed by atoms with van der Waals surface area (Å²) in [5.41, 5.74) is 0.482. The molecule has 4 rings (SSSR count). The number of nitrogens with zero attached hydrogens (tertiary/aromatic N) is 3. The maximum atomic E-state index is 13.3. The van der Waals surface area contributed by atoms with Gasteiger partial charge in [0.15, 0.2) is 0 Å². The van der Waals surface area contributed by atoms with E-state index in [2.05, 4.69) is 26.2 Å². The van der Waals surface area contributed by atoms with Crippen molar-refractivity contribution in [2.75, 3.05) is 5.32 Å². The molecule has 0 radical (unpaired) electrons. The van der Waals surface area contributed by atoms with E-state index in [1.54, 1.807) is 55.6 Å². The smallest absolute Gasteiger partial charge is 0.269 e. The van der Waals surface area contributed by atoms with Gasteiger partial charge in [-0.1, -0.05) is 22.0 Å². The number of nitriles is 1. The summed E-state index contributed by atoms with van der Waals surface area (Å²) in [6, 6.07) is 17.3. The van der Waals surface area contributed by atoms with Gasteiger partial charge in [-0.25, -0.2) is 4.39 Å². The van der Waals surface area contributed by atoms with Gasteiger partial charge in [-0.15, -0.1) is 0 Å². The molecule has 34 heavy (non-hydrogen) atoms. The van der Waals surface area contributed by atoms with Gasteiger partial charge in [0.25, 0.3) is 11.5 Å². The quantitative estimate of drug-likeness (QED) is 0.287. The molecule has 0 saturated heterocycles. The van der Waals surface area contributed by atoms with Crippen LogP contribution in [-0.4, -0.2) is 15.3 Å². The van der Waals surface area contributed by atoms with E-state index >= 15 is 0 Å². The monoisotopic (exact) mass is 518 g/mol. The Morgan fingerprint density at radius 3 is 2.56 bits per heavy atom. The summed E-state index contributed by atoms with van der Waals surface area (Å²) in [5, 5.41) is 12.1. The van der Waals surface area contributed by atoms with Crippen LogP contribution in [0.1, 0.15) is 11.1 Å². The van der Waals surface area contributed by atoms with E-state index in [9.17, 15) is 19.2 Å². The predicted molar refractivity (Wildman–Crippen MR) is 129 cm³/mol. The van der Waals surface area contributed by atoms with Crippen molar-refractivity contribution in [2.45, 2.75) is 6.92 Å². The number of ether oxygens (including phenoxy) is 1. The van der Waals surface area contributed by atoms with Crippen molar-refractivity contribution in [3.63, 3.8) is 0 Å². The molecule has 9 heteroatoms. The van der Waals surface area contributed by atoms with Crippen LogP contribution in [0.3, 0.4) is 0 Å². The molecule has 0 fully saturated rings. The second-order valence-corrected chi connectivity index (χ2v) is 8.12. The number of pyridine rings is 1. The Labute approximate surface area is 201 Å². The molecule has 0 aliphatic carbocycles. The number of fused-ring (bicyclic) bond motifs is 1. The minimum Gasteiger partial charge on any atom is -0.438 e. The van der Waals surface area contributed by atoms with E-state index in [4.69, 9.17) is 4.74 Å². The SMILES string of the molecule is Cc1cccn2c(=O)c(/C=C(/C#N)C(=O)Nc3ccc(F)cc3)c(Oc3ccc(Br)cc3)nc12. The van der Waals surface area contributed by atoms with Gasteiger partial charge < -0.3 is 10.1 Å². The number of hydrogen-bond acceptors (Lipinski definition) is 5. The van der Waals surface area contributed by atoms with Crippen LogP contribution in [0.2, 0.25) is 0 Å². The summed E-state index contributed by atoms with van der Waals surface area (Å²) in [6.07, 6.45) is 2.68. The van der Waals surface area contributed by atoms with Gasteiger partial charge in [-0.05, 0) is 73.2 Å². The van der Waals surface area contributed by atoms with Crippen LogP contribution in [0.4, 0.5) is 10.1 Å². The molecule has 0 spiro atoms. The number of aromatic nitrogens is 2. The molecule has 0 saturated carbocycles. The lowest BCUT2D eigenvalue weighted by molar-refractivity contribution is -0.112. The summed E-state index contributed by atoms with van der Waals surface area (Å²) < 4.78 is 21.2. The molecule has 2 heterocycles. The Balaban J connectivity index is 1.82. The number of anilines is 1. The van der Waals surface area contributed by atoms with Crippen LogP contribution >= 0.6 is 15.9 Å². The van der Waals surface area contributed by atoms with Crippen molar-refractivity contribution < 1.29 is 13.9 Å². The molecule has 7 nitrogen and oxygen atoms in total. The van der Waals surface area contributed by atoms with Gasteiger partial charge in [0, 0.05) is 16.4 Å². The molecule has 1 N–H and O–H groups in total. The number of aryl methyl sites for hydroxylation is 1. The highest BCUT2D eigenvalue weighted by atomic mass is 79.9. The van der Waals surface area contributed by atoms with Crippen molar-refractivity contribution in [1.82, 2.24) is 9.38 Å². The molecule has 0 aliphatic heterocycles. The highest BCUT2D eigenvalue weighted by molar-refractivity contribution is 9.10. The van der Waals surface area contributed by atoms with Crippen molar-refractivity contribution in [1.29, 1.82) is 5.26 Å². The van der Waals surface area contributed by atoms with Crippen molar-refractivity contribution in [3.8, 4) is 17.7 Å². The Morgan fingerprint density at radius 2 is 1.88 bits per heavy atom. The number of nitrogens with one attached hydrogen (secondary N) is 1. The number of benzene rings is 2. The maximum Gasteiger partial charge on any atom is 0.269 e. The number of amides is 1. The Kier molecular flexibility index (Phi) is 6.52. The van der Waals surface area contributed by atoms with E-state index in [0.29, 0.717) is 17.1 Å². The first-order valence-corrected chi connectivity index (χ1v) is 10.8. The third-order valence-corrected chi connectivity index (χ3v) is 5.36. The van der Waals surface area contributed by atoms with Gasteiger partial charge in [0.05, 0.1) is 0 Å². The van der Waals surface area contributed by atoms with Crippen LogP contribution in [0.15, 0.2) is 81.7 Å². The number of carbonyl (C=O) groups excluding carboxylic acids is 1. The minimum atomic E-state index is -0.766. The van der Waals surface area contributed by atoms with E-state index < -0.39 is 17.3 Å². The van der Waals surface area contributed by atoms with Crippen LogP contribution in [-0.2, 0) is 4.79 Å². The second kappa shape index (κ2) is 9.68. The number of carbonyl (C=O) groups is 1. The van der Waals surface area contributed by atoms with Gasteiger partial charge in [-0.2, -0.15) is 10.2 Å². The summed E-state index contributed by atoms with van der Waals surface area (Å²) in [7, 11) is 0. The molecule has 168 valence electrons. The fraction of sp³-hybridized carbons (Fsp3) is 0.0400. The normalized spacial score (nSPS) is 11.2. The Morgan fingerprint density at radius 1 is 1.18 bits per heavy atom. The van der Waals surface area contributed by atoms with Crippen LogP contribution in [0.5, 0.6) is 11.6 Å². The summed E-state index contributed by atoms with van der Waals surface area (Å²) in [4.78, 5) is 30.5. The molecule has 0 atom stereocenters. The Hall–Kier alpha value is -4.29. The van der Waals surface area contributed by atoms with E-state index in [1.807, 2.05) is 0 Å². The fourth-order valence-electron chi connectivity index (χ4n) is 3.13. The number of halogens is 2. The largest absolute Gasteiger partial charge is 0.438 e. The lowest BCUT2D eigenvalue weighted by Crippen LogP contribution is -2.20. The fourth-order valence-corrected chi connectivity index (χ4v) is 3.40. The van der Waals surface area contributed by atoms with Crippen molar-refractivity contribution in [3.05, 3.63) is 104 Å². The van der Waals surface area contributed by atoms with Crippen LogP contribution in [0.25, 0.3) is 11.7 Å². The van der Waals surface area contributed by atoms with Crippen molar-refractivity contribution in [2.24, 2.45) is 0 Å². The molecule has 2 aromatic heterocycles. The third kappa shape index (κ3) is 4.87. The van der Waals surface area contributed by atoms with Gasteiger partial charge in [0.2, 0.25) is 5.88 Å². The minimum absolute atomic E-state index is 0.0519. The van der Waals surface area contributed by atoms with Gasteiger partial charge in [0.1, 0.15) is 34.4 Å². The molecular formula is C25H16BrFN4O3. The number of hydrogen-bond donors (Lipinski definition) is 1. The zero-order chi connectivity index (χ0) is 24.2. The summed E-state index contributed by atoms with van der Waals surface area (Å²) in [6.45, 7) is 1.80. The lowest BCUT2D eigenvalue weighted by Gasteiger charge is -2.11. The van der Waals surface area contributed by atoms with Gasteiger partial charge in [-0.3, -0.25) is 14.0 Å². The molecule has 4 aromatic rings. The highest BCUT2D eigenvalue weighted by Gasteiger charge is 2.18. The second-order valence-electron chi connectivity index (χ2n) is 7.21.